The number of ether oxygens (including phenoxy) is 1. The predicted octanol–water partition coefficient (Wildman–Crippen LogP) is 0.987. The number of esters is 1. The fraction of sp³-hybridized carbons (Fsp3) is 0.300. The minimum absolute atomic E-state index is 0.336. The summed E-state index contributed by atoms with van der Waals surface area (Å²) in [5.74, 6) is -0.406. The number of carbonyl (C=O) groups is 1. The number of carbonyl (C=O) groups excluding carboxylic acids is 1. The van der Waals surface area contributed by atoms with Crippen LogP contribution in [0.3, 0.4) is 0 Å². The molecule has 0 aliphatic heterocycles. The van der Waals surface area contributed by atoms with Crippen molar-refractivity contribution in [3.8, 4) is 11.4 Å². The molecule has 0 saturated heterocycles. The second-order valence-electron chi connectivity index (χ2n) is 3.19. The van der Waals surface area contributed by atoms with Gasteiger partial charge in [0.25, 0.3) is 0 Å². The molecule has 1 N–H and O–H groups in total. The average Bonchev–Trinajstić information content (AvgIpc) is 2.85. The zero-order chi connectivity index (χ0) is 11.5. The van der Waals surface area contributed by atoms with Gasteiger partial charge in [0.1, 0.15) is 5.69 Å². The summed E-state index contributed by atoms with van der Waals surface area (Å²) in [4.78, 5) is 18.5. The molecule has 0 unspecified atom stereocenters. The standard InChI is InChI=1S/C10H12N4O2/c1-3-16-10(15)9-8(11-6-12-9)7-4-5-13-14(7)2/h4-6H,3H2,1-2H3,(H,11,12). The minimum Gasteiger partial charge on any atom is -0.461 e. The highest BCUT2D eigenvalue weighted by Gasteiger charge is 2.18. The fourth-order valence-corrected chi connectivity index (χ4v) is 1.45. The number of hydrogen-bond donors (Lipinski definition) is 1. The van der Waals surface area contributed by atoms with Crippen LogP contribution in [0.1, 0.15) is 17.4 Å². The molecule has 0 aliphatic carbocycles. The summed E-state index contributed by atoms with van der Waals surface area (Å²) in [5, 5.41) is 4.03. The summed E-state index contributed by atoms with van der Waals surface area (Å²) in [6.07, 6.45) is 3.12. The van der Waals surface area contributed by atoms with Gasteiger partial charge in [0.15, 0.2) is 5.69 Å². The van der Waals surface area contributed by atoms with Crippen molar-refractivity contribution in [2.24, 2.45) is 7.05 Å². The molecule has 6 heteroatoms. The molecule has 84 valence electrons. The number of nitrogens with one attached hydrogen (secondary N) is 1. The van der Waals surface area contributed by atoms with E-state index >= 15 is 0 Å². The van der Waals surface area contributed by atoms with Gasteiger partial charge in [-0.15, -0.1) is 0 Å². The lowest BCUT2D eigenvalue weighted by molar-refractivity contribution is 0.0521. The summed E-state index contributed by atoms with van der Waals surface area (Å²) in [5.41, 5.74) is 1.67. The molecule has 2 aromatic rings. The highest BCUT2D eigenvalue weighted by atomic mass is 16.5. The first-order chi connectivity index (χ1) is 7.74. The van der Waals surface area contributed by atoms with Crippen LogP contribution in [0.2, 0.25) is 0 Å². The lowest BCUT2D eigenvalue weighted by Gasteiger charge is -2.02. The molecule has 0 atom stereocenters. The van der Waals surface area contributed by atoms with Gasteiger partial charge in [-0.2, -0.15) is 5.10 Å². The molecule has 0 fully saturated rings. The number of nitrogens with zero attached hydrogens (tertiary/aromatic N) is 3. The van der Waals surface area contributed by atoms with E-state index in [1.807, 2.05) is 0 Å². The SMILES string of the molecule is CCOC(=O)c1[nH]cnc1-c1ccnn1C. The molecule has 0 bridgehead atoms. The maximum atomic E-state index is 11.6. The summed E-state index contributed by atoms with van der Waals surface area (Å²) in [6.45, 7) is 2.10. The molecule has 16 heavy (non-hydrogen) atoms. The summed E-state index contributed by atoms with van der Waals surface area (Å²) < 4.78 is 6.58. The zero-order valence-corrected chi connectivity index (χ0v) is 9.10. The third-order valence-corrected chi connectivity index (χ3v) is 2.18. The van der Waals surface area contributed by atoms with Crippen molar-refractivity contribution in [3.63, 3.8) is 0 Å². The second kappa shape index (κ2) is 4.18. The van der Waals surface area contributed by atoms with E-state index in [-0.39, 0.29) is 0 Å². The third kappa shape index (κ3) is 1.69. The van der Waals surface area contributed by atoms with Crippen LogP contribution >= 0.6 is 0 Å². The van der Waals surface area contributed by atoms with Gasteiger partial charge < -0.3 is 9.72 Å². The van der Waals surface area contributed by atoms with Gasteiger partial charge in [-0.25, -0.2) is 9.78 Å². The fourth-order valence-electron chi connectivity index (χ4n) is 1.45. The van der Waals surface area contributed by atoms with E-state index in [1.165, 1.54) is 6.33 Å². The summed E-state index contributed by atoms with van der Waals surface area (Å²) in [6, 6.07) is 1.79. The van der Waals surface area contributed by atoms with Crippen LogP contribution in [-0.2, 0) is 11.8 Å². The molecule has 0 amide bonds. The van der Waals surface area contributed by atoms with Gasteiger partial charge >= 0.3 is 5.97 Å². The van der Waals surface area contributed by atoms with Crippen LogP contribution in [0, 0.1) is 0 Å². The summed E-state index contributed by atoms with van der Waals surface area (Å²) >= 11 is 0. The molecule has 2 heterocycles. The quantitative estimate of drug-likeness (QED) is 0.783. The predicted molar refractivity (Wildman–Crippen MR) is 56.7 cm³/mol. The Kier molecular flexibility index (Phi) is 2.72. The van der Waals surface area contributed by atoms with Crippen LogP contribution in [0.4, 0.5) is 0 Å². The van der Waals surface area contributed by atoms with E-state index in [2.05, 4.69) is 15.1 Å². The molecule has 2 rings (SSSR count). The largest absolute Gasteiger partial charge is 0.461 e. The molecule has 0 aliphatic rings. The van der Waals surface area contributed by atoms with Gasteiger partial charge in [0.05, 0.1) is 18.6 Å². The van der Waals surface area contributed by atoms with Crippen LogP contribution in [-0.4, -0.2) is 32.3 Å². The van der Waals surface area contributed by atoms with Crippen molar-refractivity contribution in [1.82, 2.24) is 19.7 Å². The number of H-pyrrole nitrogens is 1. The van der Waals surface area contributed by atoms with Crippen LogP contribution < -0.4 is 0 Å². The van der Waals surface area contributed by atoms with Gasteiger partial charge in [0.2, 0.25) is 0 Å². The molecule has 0 spiro atoms. The van der Waals surface area contributed by atoms with E-state index in [0.29, 0.717) is 18.0 Å². The first-order valence-electron chi connectivity index (χ1n) is 4.93. The molecule has 0 aromatic carbocycles. The molecule has 2 aromatic heterocycles. The topological polar surface area (TPSA) is 72.8 Å². The lowest BCUT2D eigenvalue weighted by atomic mass is 10.2. The normalized spacial score (nSPS) is 10.4. The van der Waals surface area contributed by atoms with Crippen molar-refractivity contribution in [3.05, 3.63) is 24.3 Å². The molecular weight excluding hydrogens is 208 g/mol. The molecule has 0 saturated carbocycles. The molecular formula is C10H12N4O2. The Morgan fingerprint density at radius 2 is 2.44 bits per heavy atom. The van der Waals surface area contributed by atoms with E-state index in [1.54, 1.807) is 30.9 Å². The van der Waals surface area contributed by atoms with Gasteiger partial charge in [0, 0.05) is 13.2 Å². The Hall–Kier alpha value is -2.11. The third-order valence-electron chi connectivity index (χ3n) is 2.18. The monoisotopic (exact) mass is 220 g/mol. The van der Waals surface area contributed by atoms with Crippen LogP contribution in [0.25, 0.3) is 11.4 Å². The minimum atomic E-state index is -0.406. The Morgan fingerprint density at radius 1 is 1.62 bits per heavy atom. The van der Waals surface area contributed by atoms with Crippen molar-refractivity contribution < 1.29 is 9.53 Å². The highest BCUT2D eigenvalue weighted by Crippen LogP contribution is 2.19. The number of imidazole rings is 1. The summed E-state index contributed by atoms with van der Waals surface area (Å²) in [7, 11) is 1.79. The van der Waals surface area contributed by atoms with Gasteiger partial charge in [-0.3, -0.25) is 4.68 Å². The van der Waals surface area contributed by atoms with Crippen LogP contribution in [0.15, 0.2) is 18.6 Å². The molecule has 0 radical (unpaired) electrons. The maximum Gasteiger partial charge on any atom is 0.357 e. The van der Waals surface area contributed by atoms with Crippen molar-refractivity contribution >= 4 is 5.97 Å². The van der Waals surface area contributed by atoms with E-state index in [9.17, 15) is 4.79 Å². The van der Waals surface area contributed by atoms with E-state index < -0.39 is 5.97 Å². The first-order valence-corrected chi connectivity index (χ1v) is 4.93. The number of aromatic nitrogens is 4. The van der Waals surface area contributed by atoms with E-state index in [0.717, 1.165) is 5.69 Å². The average molecular weight is 220 g/mol. The number of hydrogen-bond acceptors (Lipinski definition) is 4. The first kappa shape index (κ1) is 10.4. The van der Waals surface area contributed by atoms with Crippen molar-refractivity contribution in [1.29, 1.82) is 0 Å². The molecule has 6 nitrogen and oxygen atoms in total. The number of aryl methyl sites for hydroxylation is 1. The Bertz CT molecular complexity index is 500. The van der Waals surface area contributed by atoms with Crippen LogP contribution in [0.5, 0.6) is 0 Å². The maximum absolute atomic E-state index is 11.6. The Labute approximate surface area is 92.3 Å². The smallest absolute Gasteiger partial charge is 0.357 e. The van der Waals surface area contributed by atoms with Gasteiger partial charge in [-0.1, -0.05) is 0 Å². The number of aromatic amines is 1. The van der Waals surface area contributed by atoms with Crippen molar-refractivity contribution in [2.75, 3.05) is 6.61 Å². The van der Waals surface area contributed by atoms with Crippen molar-refractivity contribution in [2.45, 2.75) is 6.92 Å². The van der Waals surface area contributed by atoms with Gasteiger partial charge in [-0.05, 0) is 13.0 Å². The Balaban J connectivity index is 2.40. The Morgan fingerprint density at radius 3 is 3.06 bits per heavy atom. The van der Waals surface area contributed by atoms with E-state index in [4.69, 9.17) is 4.74 Å². The zero-order valence-electron chi connectivity index (χ0n) is 9.10. The lowest BCUT2D eigenvalue weighted by Crippen LogP contribution is -2.07. The highest BCUT2D eigenvalue weighted by molar-refractivity contribution is 5.93. The number of rotatable bonds is 3. The second-order valence-corrected chi connectivity index (χ2v) is 3.19.